The van der Waals surface area contributed by atoms with Crippen LogP contribution in [0, 0.1) is 0 Å². The number of carbonyl (C=O) groups is 1. The Balaban J connectivity index is 1.54. The number of rotatable bonds is 6. The van der Waals surface area contributed by atoms with Crippen LogP contribution < -0.4 is 10.2 Å². The first-order valence-electron chi connectivity index (χ1n) is 8.13. The van der Waals surface area contributed by atoms with Crippen LogP contribution in [0.25, 0.3) is 0 Å². The summed E-state index contributed by atoms with van der Waals surface area (Å²) in [5.41, 5.74) is 4.29. The summed E-state index contributed by atoms with van der Waals surface area (Å²) in [7, 11) is 0. The second kappa shape index (κ2) is 9.55. The summed E-state index contributed by atoms with van der Waals surface area (Å²) in [6, 6.07) is 15.7. The molecule has 1 heterocycles. The molecule has 0 aliphatic carbocycles. The van der Waals surface area contributed by atoms with Crippen LogP contribution in [0.2, 0.25) is 15.2 Å². The molecule has 0 saturated heterocycles. The van der Waals surface area contributed by atoms with Crippen molar-refractivity contribution in [3.63, 3.8) is 0 Å². The van der Waals surface area contributed by atoms with Crippen LogP contribution in [0.5, 0.6) is 5.75 Å². The number of nitrogens with zero attached hydrogens (tertiary/aromatic N) is 2. The number of benzene rings is 2. The SMILES string of the molecule is O=C(N/N=C/c1ccc(OCc2ccc(Cl)cc2Cl)cc1)c1cccnc1Cl. The Labute approximate surface area is 176 Å². The Hall–Kier alpha value is -2.60. The zero-order valence-corrected chi connectivity index (χ0v) is 16.7. The van der Waals surface area contributed by atoms with Crippen LogP contribution in [-0.4, -0.2) is 17.1 Å². The van der Waals surface area contributed by atoms with Crippen LogP contribution in [0.1, 0.15) is 21.5 Å². The number of halogens is 3. The number of aromatic nitrogens is 1. The maximum Gasteiger partial charge on any atom is 0.274 e. The molecule has 28 heavy (non-hydrogen) atoms. The molecule has 5 nitrogen and oxygen atoms in total. The van der Waals surface area contributed by atoms with E-state index >= 15 is 0 Å². The molecule has 0 fully saturated rings. The zero-order valence-electron chi connectivity index (χ0n) is 14.4. The second-order valence-corrected chi connectivity index (χ2v) is 6.84. The summed E-state index contributed by atoms with van der Waals surface area (Å²) in [6.07, 6.45) is 3.02. The highest BCUT2D eigenvalue weighted by Gasteiger charge is 2.09. The third kappa shape index (κ3) is 5.45. The van der Waals surface area contributed by atoms with Gasteiger partial charge in [-0.1, -0.05) is 40.9 Å². The van der Waals surface area contributed by atoms with Crippen LogP contribution in [0.4, 0.5) is 0 Å². The number of ether oxygens (including phenoxy) is 1. The Morgan fingerprint density at radius 3 is 2.61 bits per heavy atom. The molecule has 0 bridgehead atoms. The minimum Gasteiger partial charge on any atom is -0.489 e. The topological polar surface area (TPSA) is 63.6 Å². The lowest BCUT2D eigenvalue weighted by Gasteiger charge is -2.08. The first kappa shape index (κ1) is 20.1. The van der Waals surface area contributed by atoms with Crippen LogP contribution in [-0.2, 0) is 6.61 Å². The van der Waals surface area contributed by atoms with Gasteiger partial charge in [0.15, 0.2) is 0 Å². The summed E-state index contributed by atoms with van der Waals surface area (Å²) in [6.45, 7) is 0.325. The highest BCUT2D eigenvalue weighted by Crippen LogP contribution is 2.22. The first-order valence-corrected chi connectivity index (χ1v) is 9.27. The van der Waals surface area contributed by atoms with Gasteiger partial charge >= 0.3 is 0 Å². The maximum atomic E-state index is 12.0. The number of hydrogen-bond acceptors (Lipinski definition) is 4. The molecule has 0 saturated carbocycles. The van der Waals surface area contributed by atoms with Gasteiger partial charge in [0.25, 0.3) is 5.91 Å². The van der Waals surface area contributed by atoms with Crippen LogP contribution >= 0.6 is 34.8 Å². The Morgan fingerprint density at radius 1 is 1.11 bits per heavy atom. The Kier molecular flexibility index (Phi) is 6.87. The van der Waals surface area contributed by atoms with Crippen LogP contribution in [0.15, 0.2) is 65.9 Å². The lowest BCUT2D eigenvalue weighted by atomic mass is 10.2. The van der Waals surface area contributed by atoms with Gasteiger partial charge in [0.1, 0.15) is 17.5 Å². The predicted molar refractivity (Wildman–Crippen MR) is 112 cm³/mol. The van der Waals surface area contributed by atoms with E-state index in [1.807, 2.05) is 18.2 Å². The molecule has 0 radical (unpaired) electrons. The monoisotopic (exact) mass is 433 g/mol. The Bertz CT molecular complexity index is 1010. The summed E-state index contributed by atoms with van der Waals surface area (Å²) < 4.78 is 5.72. The van der Waals surface area contributed by atoms with E-state index in [1.54, 1.807) is 36.4 Å². The lowest BCUT2D eigenvalue weighted by molar-refractivity contribution is 0.0955. The summed E-state index contributed by atoms with van der Waals surface area (Å²) in [5, 5.41) is 5.18. The molecule has 1 aromatic heterocycles. The van der Waals surface area contributed by atoms with Crippen molar-refractivity contribution in [2.75, 3.05) is 0 Å². The fraction of sp³-hybridized carbons (Fsp3) is 0.0500. The smallest absolute Gasteiger partial charge is 0.274 e. The molecular weight excluding hydrogens is 421 g/mol. The molecule has 0 atom stereocenters. The average Bonchev–Trinajstić information content (AvgIpc) is 2.68. The quantitative estimate of drug-likeness (QED) is 0.322. The predicted octanol–water partition coefficient (Wildman–Crippen LogP) is 5.38. The summed E-state index contributed by atoms with van der Waals surface area (Å²) in [5.74, 6) is 0.239. The van der Waals surface area contributed by atoms with E-state index in [0.717, 1.165) is 11.1 Å². The number of nitrogens with one attached hydrogen (secondary N) is 1. The van der Waals surface area contributed by atoms with Crippen molar-refractivity contribution in [2.45, 2.75) is 6.61 Å². The molecule has 1 N–H and O–H groups in total. The molecular formula is C20H14Cl3N3O2. The number of hydrogen-bond donors (Lipinski definition) is 1. The highest BCUT2D eigenvalue weighted by atomic mass is 35.5. The van der Waals surface area contributed by atoms with Gasteiger partial charge in [0, 0.05) is 21.8 Å². The van der Waals surface area contributed by atoms with Gasteiger partial charge in [0.2, 0.25) is 0 Å². The number of hydrazone groups is 1. The highest BCUT2D eigenvalue weighted by molar-refractivity contribution is 6.35. The maximum absolute atomic E-state index is 12.0. The lowest BCUT2D eigenvalue weighted by Crippen LogP contribution is -2.18. The van der Waals surface area contributed by atoms with E-state index in [1.165, 1.54) is 12.4 Å². The fourth-order valence-electron chi connectivity index (χ4n) is 2.23. The van der Waals surface area contributed by atoms with E-state index < -0.39 is 5.91 Å². The second-order valence-electron chi connectivity index (χ2n) is 5.63. The molecule has 0 unspecified atom stereocenters. The van der Waals surface area contributed by atoms with E-state index in [9.17, 15) is 4.79 Å². The fourth-order valence-corrected chi connectivity index (χ4v) is 2.90. The minimum atomic E-state index is -0.436. The van der Waals surface area contributed by atoms with E-state index in [4.69, 9.17) is 39.5 Å². The molecule has 1 amide bonds. The average molecular weight is 435 g/mol. The van der Waals surface area contributed by atoms with Gasteiger partial charge < -0.3 is 4.74 Å². The molecule has 0 aliphatic heterocycles. The molecule has 3 aromatic rings. The van der Waals surface area contributed by atoms with Crippen LogP contribution in [0.3, 0.4) is 0 Å². The number of amides is 1. The van der Waals surface area contributed by atoms with Crippen molar-refractivity contribution in [1.29, 1.82) is 0 Å². The zero-order chi connectivity index (χ0) is 19.9. The molecule has 3 rings (SSSR count). The van der Waals surface area contributed by atoms with Gasteiger partial charge in [-0.15, -0.1) is 0 Å². The largest absolute Gasteiger partial charge is 0.489 e. The van der Waals surface area contributed by atoms with Crippen molar-refractivity contribution >= 4 is 46.9 Å². The number of carbonyl (C=O) groups excluding carboxylic acids is 1. The molecule has 0 aliphatic rings. The number of pyridine rings is 1. The van der Waals surface area contributed by atoms with Crippen molar-refractivity contribution in [3.8, 4) is 5.75 Å². The van der Waals surface area contributed by atoms with E-state index in [2.05, 4.69) is 15.5 Å². The first-order chi connectivity index (χ1) is 13.5. The third-order valence-electron chi connectivity index (χ3n) is 3.67. The minimum absolute atomic E-state index is 0.123. The Morgan fingerprint density at radius 2 is 1.89 bits per heavy atom. The van der Waals surface area contributed by atoms with Gasteiger partial charge in [0.05, 0.1) is 11.8 Å². The molecule has 2 aromatic carbocycles. The van der Waals surface area contributed by atoms with E-state index in [0.29, 0.717) is 22.4 Å². The van der Waals surface area contributed by atoms with Gasteiger partial charge in [-0.25, -0.2) is 10.4 Å². The van der Waals surface area contributed by atoms with Gasteiger partial charge in [-0.3, -0.25) is 4.79 Å². The summed E-state index contributed by atoms with van der Waals surface area (Å²) >= 11 is 17.9. The van der Waals surface area contributed by atoms with E-state index in [-0.39, 0.29) is 10.7 Å². The molecule has 8 heteroatoms. The van der Waals surface area contributed by atoms with Crippen molar-refractivity contribution < 1.29 is 9.53 Å². The van der Waals surface area contributed by atoms with Crippen molar-refractivity contribution in [3.05, 3.63) is 92.7 Å². The third-order valence-corrected chi connectivity index (χ3v) is 4.56. The van der Waals surface area contributed by atoms with Gasteiger partial charge in [-0.2, -0.15) is 5.10 Å². The normalized spacial score (nSPS) is 10.8. The molecule has 0 spiro atoms. The molecule has 142 valence electrons. The van der Waals surface area contributed by atoms with Gasteiger partial charge in [-0.05, 0) is 54.1 Å². The van der Waals surface area contributed by atoms with Crippen molar-refractivity contribution in [1.82, 2.24) is 10.4 Å². The summed E-state index contributed by atoms with van der Waals surface area (Å²) in [4.78, 5) is 15.8. The van der Waals surface area contributed by atoms with Crippen molar-refractivity contribution in [2.24, 2.45) is 5.10 Å². The standard InChI is InChI=1S/C20H14Cl3N3O2/c21-15-6-5-14(18(22)10-15)12-28-16-7-3-13(4-8-16)11-25-26-20(27)17-2-1-9-24-19(17)23/h1-11H,12H2,(H,26,27)/b25-11+.